The monoisotopic (exact) mass is 372 g/mol. The molecular weight excluding hydrogens is 352 g/mol. The van der Waals surface area contributed by atoms with Crippen LogP contribution >= 0.6 is 11.3 Å². The first kappa shape index (κ1) is 17.8. The van der Waals surface area contributed by atoms with E-state index in [0.717, 1.165) is 27.4 Å². The third-order valence-corrected chi connectivity index (χ3v) is 6.16. The molecule has 0 atom stereocenters. The van der Waals surface area contributed by atoms with Gasteiger partial charge in [-0.3, -0.25) is 0 Å². The molecule has 1 heterocycles. The predicted molar refractivity (Wildman–Crippen MR) is 102 cm³/mol. The number of thiazole rings is 1. The van der Waals surface area contributed by atoms with Crippen molar-refractivity contribution in [3.05, 3.63) is 70.0 Å². The Hall–Kier alpha value is -2.02. The van der Waals surface area contributed by atoms with Crippen molar-refractivity contribution in [1.29, 1.82) is 0 Å². The van der Waals surface area contributed by atoms with Gasteiger partial charge < -0.3 is 0 Å². The van der Waals surface area contributed by atoms with Crippen LogP contribution in [-0.4, -0.2) is 19.9 Å². The lowest BCUT2D eigenvalue weighted by Gasteiger charge is -2.07. The van der Waals surface area contributed by atoms with Gasteiger partial charge in [-0.05, 0) is 38.0 Å². The molecule has 0 aliphatic heterocycles. The van der Waals surface area contributed by atoms with E-state index in [0.29, 0.717) is 17.9 Å². The number of rotatable bonds is 6. The van der Waals surface area contributed by atoms with Gasteiger partial charge in [-0.2, -0.15) is 0 Å². The smallest absolute Gasteiger partial charge is 0.240 e. The van der Waals surface area contributed by atoms with Gasteiger partial charge >= 0.3 is 0 Å². The highest BCUT2D eigenvalue weighted by Crippen LogP contribution is 2.21. The Balaban J connectivity index is 1.59. The fourth-order valence-electron chi connectivity index (χ4n) is 2.47. The van der Waals surface area contributed by atoms with Crippen molar-refractivity contribution < 1.29 is 8.42 Å². The number of nitrogens with one attached hydrogen (secondary N) is 1. The van der Waals surface area contributed by atoms with Gasteiger partial charge in [-0.25, -0.2) is 18.1 Å². The Labute approximate surface area is 152 Å². The van der Waals surface area contributed by atoms with Gasteiger partial charge in [0.05, 0.1) is 15.6 Å². The molecule has 0 saturated heterocycles. The van der Waals surface area contributed by atoms with Gasteiger partial charge in [0.1, 0.15) is 0 Å². The lowest BCUT2D eigenvalue weighted by Crippen LogP contribution is -2.25. The molecule has 3 aromatic rings. The standard InChI is InChI=1S/C19H20N2O2S2/c1-14-3-9-18(10-4-14)25(22,23)20-12-11-16-5-7-17(8-6-16)19-13-24-15(2)21-19/h3-10,13,20H,11-12H2,1-2H3. The summed E-state index contributed by atoms with van der Waals surface area (Å²) in [5.41, 5.74) is 4.18. The SMILES string of the molecule is Cc1ccc(S(=O)(=O)NCCc2ccc(-c3csc(C)n3)cc2)cc1. The number of hydrogen-bond donors (Lipinski definition) is 1. The average Bonchev–Trinajstić information content (AvgIpc) is 3.02. The van der Waals surface area contributed by atoms with E-state index < -0.39 is 10.0 Å². The minimum atomic E-state index is -3.45. The van der Waals surface area contributed by atoms with Gasteiger partial charge in [0.2, 0.25) is 10.0 Å². The minimum absolute atomic E-state index is 0.298. The van der Waals surface area contributed by atoms with Crippen LogP contribution in [-0.2, 0) is 16.4 Å². The molecule has 130 valence electrons. The normalized spacial score (nSPS) is 11.6. The van der Waals surface area contributed by atoms with E-state index in [4.69, 9.17) is 0 Å². The number of aromatic nitrogens is 1. The number of hydrogen-bond acceptors (Lipinski definition) is 4. The molecule has 3 rings (SSSR count). The van der Waals surface area contributed by atoms with Crippen molar-refractivity contribution in [2.75, 3.05) is 6.54 Å². The van der Waals surface area contributed by atoms with Crippen molar-refractivity contribution in [1.82, 2.24) is 9.71 Å². The molecule has 0 amide bonds. The lowest BCUT2D eigenvalue weighted by atomic mass is 10.1. The Morgan fingerprint density at radius 2 is 1.68 bits per heavy atom. The van der Waals surface area contributed by atoms with Crippen LogP contribution in [0, 0.1) is 13.8 Å². The highest BCUT2D eigenvalue weighted by Gasteiger charge is 2.12. The quantitative estimate of drug-likeness (QED) is 0.713. The fourth-order valence-corrected chi connectivity index (χ4v) is 4.12. The largest absolute Gasteiger partial charge is 0.242 e. The fraction of sp³-hybridized carbons (Fsp3) is 0.211. The van der Waals surface area contributed by atoms with Crippen molar-refractivity contribution in [3.63, 3.8) is 0 Å². The highest BCUT2D eigenvalue weighted by molar-refractivity contribution is 7.89. The summed E-state index contributed by atoms with van der Waals surface area (Å²) in [5, 5.41) is 3.09. The van der Waals surface area contributed by atoms with Gasteiger partial charge in [0.25, 0.3) is 0 Å². The van der Waals surface area contributed by atoms with E-state index in [-0.39, 0.29) is 0 Å². The van der Waals surface area contributed by atoms with Gasteiger partial charge in [-0.15, -0.1) is 11.3 Å². The molecule has 4 nitrogen and oxygen atoms in total. The zero-order valence-corrected chi connectivity index (χ0v) is 15.8. The first-order valence-electron chi connectivity index (χ1n) is 8.02. The maximum Gasteiger partial charge on any atom is 0.240 e. The van der Waals surface area contributed by atoms with Gasteiger partial charge in [0.15, 0.2) is 0 Å². The van der Waals surface area contributed by atoms with E-state index in [1.54, 1.807) is 35.6 Å². The first-order valence-corrected chi connectivity index (χ1v) is 10.4. The van der Waals surface area contributed by atoms with Gasteiger partial charge in [0, 0.05) is 17.5 Å². The third kappa shape index (κ3) is 4.54. The van der Waals surface area contributed by atoms with Crippen LogP contribution < -0.4 is 4.72 Å². The van der Waals surface area contributed by atoms with E-state index in [1.165, 1.54) is 0 Å². The molecule has 6 heteroatoms. The number of benzene rings is 2. The van der Waals surface area contributed by atoms with E-state index in [2.05, 4.69) is 9.71 Å². The van der Waals surface area contributed by atoms with Gasteiger partial charge in [-0.1, -0.05) is 42.0 Å². The van der Waals surface area contributed by atoms with Crippen LogP contribution in [0.4, 0.5) is 0 Å². The highest BCUT2D eigenvalue weighted by atomic mass is 32.2. The zero-order valence-electron chi connectivity index (χ0n) is 14.2. The Bertz CT molecular complexity index is 944. The topological polar surface area (TPSA) is 59.1 Å². The molecule has 0 bridgehead atoms. The van der Waals surface area contributed by atoms with E-state index in [1.807, 2.05) is 43.5 Å². The van der Waals surface area contributed by atoms with Crippen molar-refractivity contribution in [2.45, 2.75) is 25.2 Å². The van der Waals surface area contributed by atoms with E-state index in [9.17, 15) is 8.42 Å². The zero-order chi connectivity index (χ0) is 17.9. The predicted octanol–water partition coefficient (Wildman–Crippen LogP) is 3.95. The number of aryl methyl sites for hydroxylation is 2. The summed E-state index contributed by atoms with van der Waals surface area (Å²) in [6, 6.07) is 14.9. The molecule has 0 saturated carbocycles. The lowest BCUT2D eigenvalue weighted by molar-refractivity contribution is 0.581. The number of nitrogens with zero attached hydrogens (tertiary/aromatic N) is 1. The second-order valence-corrected chi connectivity index (χ2v) is 8.74. The molecule has 1 aromatic heterocycles. The van der Waals surface area contributed by atoms with Crippen LogP contribution in [0.1, 0.15) is 16.1 Å². The summed E-state index contributed by atoms with van der Waals surface area (Å²) < 4.78 is 27.2. The Morgan fingerprint density at radius 1 is 1.00 bits per heavy atom. The van der Waals surface area contributed by atoms with Crippen LogP contribution in [0.2, 0.25) is 0 Å². The summed E-state index contributed by atoms with van der Waals surface area (Å²) in [5.74, 6) is 0. The molecule has 0 unspecified atom stereocenters. The van der Waals surface area contributed by atoms with Crippen molar-refractivity contribution >= 4 is 21.4 Å². The maximum absolute atomic E-state index is 12.3. The molecule has 0 fully saturated rings. The van der Waals surface area contributed by atoms with Crippen LogP contribution in [0.3, 0.4) is 0 Å². The first-order chi connectivity index (χ1) is 11.9. The summed E-state index contributed by atoms with van der Waals surface area (Å²) in [7, 11) is -3.45. The van der Waals surface area contributed by atoms with Crippen LogP contribution in [0.15, 0.2) is 58.8 Å². The molecule has 2 aromatic carbocycles. The Kier molecular flexibility index (Phi) is 5.32. The number of sulfonamides is 1. The second kappa shape index (κ2) is 7.47. The Morgan fingerprint density at radius 3 is 2.28 bits per heavy atom. The van der Waals surface area contributed by atoms with E-state index >= 15 is 0 Å². The molecule has 0 aliphatic carbocycles. The van der Waals surface area contributed by atoms with Crippen molar-refractivity contribution in [2.24, 2.45) is 0 Å². The molecule has 0 aliphatic rings. The third-order valence-electron chi connectivity index (χ3n) is 3.91. The van der Waals surface area contributed by atoms with Crippen molar-refractivity contribution in [3.8, 4) is 11.3 Å². The van der Waals surface area contributed by atoms with Crippen LogP contribution in [0.25, 0.3) is 11.3 Å². The average molecular weight is 373 g/mol. The minimum Gasteiger partial charge on any atom is -0.242 e. The molecule has 0 radical (unpaired) electrons. The summed E-state index contributed by atoms with van der Waals surface area (Å²) in [4.78, 5) is 4.77. The summed E-state index contributed by atoms with van der Waals surface area (Å²) in [6.45, 7) is 4.29. The maximum atomic E-state index is 12.3. The summed E-state index contributed by atoms with van der Waals surface area (Å²) in [6.07, 6.45) is 0.640. The second-order valence-electron chi connectivity index (χ2n) is 5.91. The molecule has 25 heavy (non-hydrogen) atoms. The molecule has 1 N–H and O–H groups in total. The van der Waals surface area contributed by atoms with Crippen LogP contribution in [0.5, 0.6) is 0 Å². The molecule has 0 spiro atoms. The molecular formula is C19H20N2O2S2. The summed E-state index contributed by atoms with van der Waals surface area (Å²) >= 11 is 1.63.